The van der Waals surface area contributed by atoms with Crippen LogP contribution < -0.4 is 5.73 Å². The number of anilines is 1. The Kier molecular flexibility index (Phi) is 7.67. The number of rotatable bonds is 0. The van der Waals surface area contributed by atoms with Crippen LogP contribution >= 0.6 is 40.0 Å². The molecule has 73 valence electrons. The Morgan fingerprint density at radius 2 is 1.69 bits per heavy atom. The van der Waals surface area contributed by atoms with Crippen molar-refractivity contribution >= 4 is 45.6 Å². The molecule has 0 aliphatic heterocycles. The Labute approximate surface area is 108 Å². The van der Waals surface area contributed by atoms with Crippen molar-refractivity contribution in [3.8, 4) is 5.75 Å². The third-order valence-corrected chi connectivity index (χ3v) is 1.80. The van der Waals surface area contributed by atoms with Gasteiger partial charge >= 0.3 is 49.4 Å². The molecule has 1 rings (SSSR count). The van der Waals surface area contributed by atoms with Gasteiger partial charge in [0, 0.05) is 5.69 Å². The van der Waals surface area contributed by atoms with Crippen molar-refractivity contribution in [3.63, 3.8) is 0 Å². The van der Waals surface area contributed by atoms with Crippen LogP contribution in [0.15, 0.2) is 12.1 Å². The fraction of sp³-hybridized carbons (Fsp3) is 0.250. The predicted octanol–water partition coefficient (Wildman–Crippen LogP) is 3.36. The number of benzene rings is 1. The molecule has 5 heteroatoms. The Balaban J connectivity index is 0.000000424. The normalized spacial score (nSPS) is 8.62. The fourth-order valence-corrected chi connectivity index (χ4v) is 0.827. The summed E-state index contributed by atoms with van der Waals surface area (Å²) in [5.41, 5.74) is 8.13. The van der Waals surface area contributed by atoms with Gasteiger partial charge in [0.25, 0.3) is 0 Å². The summed E-state index contributed by atoms with van der Waals surface area (Å²) in [6, 6.07) is 3.31. The third kappa shape index (κ3) is 4.76. The number of phenolic OH excluding ortho intramolecular Hbond substituents is 1. The van der Waals surface area contributed by atoms with E-state index in [4.69, 9.17) is 10.8 Å². The summed E-state index contributed by atoms with van der Waals surface area (Å²) >= 11 is 4.74. The molecular formula is C8H11I2NOV. The van der Waals surface area contributed by atoms with Crippen LogP contribution in [-0.4, -0.2) is 5.11 Å². The Hall–Kier alpha value is 0.864. The molecule has 13 heavy (non-hydrogen) atoms. The second-order valence-electron chi connectivity index (χ2n) is 2.49. The topological polar surface area (TPSA) is 46.2 Å². The molecule has 0 fully saturated rings. The SMILES string of the molecule is Cc1c(N)ccc(O)c1C.[I][V][I]. The van der Waals surface area contributed by atoms with Gasteiger partial charge in [-0.1, -0.05) is 0 Å². The van der Waals surface area contributed by atoms with E-state index < -0.39 is 0 Å². The van der Waals surface area contributed by atoms with Gasteiger partial charge in [0.05, 0.1) is 0 Å². The molecule has 0 bridgehead atoms. The van der Waals surface area contributed by atoms with Crippen molar-refractivity contribution in [1.82, 2.24) is 0 Å². The first-order chi connectivity index (χ1) is 6.04. The van der Waals surface area contributed by atoms with Gasteiger partial charge in [0.15, 0.2) is 0 Å². The summed E-state index contributed by atoms with van der Waals surface area (Å²) in [5.74, 6) is 0.312. The second-order valence-corrected chi connectivity index (χ2v) is 14.3. The van der Waals surface area contributed by atoms with Crippen LogP contribution in [0.25, 0.3) is 0 Å². The van der Waals surface area contributed by atoms with E-state index in [9.17, 15) is 0 Å². The summed E-state index contributed by atoms with van der Waals surface area (Å²) < 4.78 is 0. The first-order valence-corrected chi connectivity index (χ1v) is 12.5. The molecule has 0 unspecified atom stereocenters. The molecule has 0 amide bonds. The van der Waals surface area contributed by atoms with Gasteiger partial charge in [0.2, 0.25) is 0 Å². The minimum absolute atomic E-state index is 0.312. The van der Waals surface area contributed by atoms with Crippen LogP contribution in [0.5, 0.6) is 5.75 Å². The Bertz CT molecular complexity index is 254. The zero-order valence-electron chi connectivity index (χ0n) is 7.38. The quantitative estimate of drug-likeness (QED) is 0.368. The van der Waals surface area contributed by atoms with Crippen molar-refractivity contribution < 1.29 is 14.6 Å². The maximum atomic E-state index is 9.17. The average molecular weight is 442 g/mol. The van der Waals surface area contributed by atoms with E-state index in [1.54, 1.807) is 12.1 Å². The van der Waals surface area contributed by atoms with Crippen LogP contribution in [0, 0.1) is 13.8 Å². The zero-order valence-corrected chi connectivity index (χ0v) is 13.1. The van der Waals surface area contributed by atoms with E-state index in [1.165, 1.54) is 0 Å². The standard InChI is InChI=1S/C8H11NO.2HI.V/c1-5-6(2)8(10)4-3-7(5)9;;;/h3-4,10H,9H2,1-2H3;2*1H;/q;;;+2/p-2. The molecule has 0 heterocycles. The van der Waals surface area contributed by atoms with Gasteiger partial charge in [-0.25, -0.2) is 0 Å². The van der Waals surface area contributed by atoms with E-state index in [0.717, 1.165) is 16.8 Å². The van der Waals surface area contributed by atoms with Crippen LogP contribution in [0.1, 0.15) is 11.1 Å². The summed E-state index contributed by atoms with van der Waals surface area (Å²) in [4.78, 5) is 0. The van der Waals surface area contributed by atoms with E-state index >= 15 is 0 Å². The number of hydrogen-bond acceptors (Lipinski definition) is 2. The van der Waals surface area contributed by atoms with Crippen molar-refractivity contribution in [2.75, 3.05) is 5.73 Å². The number of halogens is 2. The van der Waals surface area contributed by atoms with E-state index in [-0.39, 0.29) is 0 Å². The first-order valence-electron chi connectivity index (χ1n) is 3.51. The van der Waals surface area contributed by atoms with Gasteiger partial charge in [-0.3, -0.25) is 0 Å². The number of nitrogens with two attached hydrogens (primary N) is 1. The van der Waals surface area contributed by atoms with Crippen LogP contribution in [0.2, 0.25) is 0 Å². The molecule has 1 aromatic rings. The van der Waals surface area contributed by atoms with Crippen molar-refractivity contribution in [3.05, 3.63) is 23.3 Å². The molecule has 0 saturated heterocycles. The number of phenols is 1. The van der Waals surface area contributed by atoms with Gasteiger partial charge in [-0.2, -0.15) is 0 Å². The molecule has 0 spiro atoms. The van der Waals surface area contributed by atoms with Gasteiger partial charge in [0.1, 0.15) is 5.75 Å². The summed E-state index contributed by atoms with van der Waals surface area (Å²) in [7, 11) is 0.628. The van der Waals surface area contributed by atoms with E-state index in [0.29, 0.717) is 15.2 Å². The predicted molar refractivity (Wildman–Crippen MR) is 70.0 cm³/mol. The maximum absolute atomic E-state index is 9.17. The average Bonchev–Trinajstić information content (AvgIpc) is 2.10. The van der Waals surface area contributed by atoms with Crippen LogP contribution in [0.3, 0.4) is 0 Å². The fourth-order valence-electron chi connectivity index (χ4n) is 0.827. The van der Waals surface area contributed by atoms with Gasteiger partial charge in [-0.05, 0) is 37.1 Å². The Morgan fingerprint density at radius 3 is 2.08 bits per heavy atom. The van der Waals surface area contributed by atoms with Crippen molar-refractivity contribution in [2.24, 2.45) is 0 Å². The molecule has 2 nitrogen and oxygen atoms in total. The third-order valence-electron chi connectivity index (χ3n) is 1.80. The first kappa shape index (κ1) is 13.9. The molecule has 1 aromatic carbocycles. The number of hydrogen-bond donors (Lipinski definition) is 2. The molecule has 0 radical (unpaired) electrons. The van der Waals surface area contributed by atoms with Crippen LogP contribution in [-0.2, 0) is 9.47 Å². The molecule has 0 aliphatic carbocycles. The minimum atomic E-state index is 0.312. The second kappa shape index (κ2) is 7.20. The van der Waals surface area contributed by atoms with Crippen molar-refractivity contribution in [2.45, 2.75) is 13.8 Å². The molecule has 0 aliphatic rings. The number of aromatic hydroxyl groups is 1. The molecule has 3 N–H and O–H groups in total. The zero-order chi connectivity index (χ0) is 10.4. The van der Waals surface area contributed by atoms with Gasteiger partial charge < -0.3 is 10.8 Å². The summed E-state index contributed by atoms with van der Waals surface area (Å²) in [6.07, 6.45) is 0. The molecule has 0 atom stereocenters. The van der Waals surface area contributed by atoms with E-state index in [2.05, 4.69) is 40.0 Å². The van der Waals surface area contributed by atoms with Gasteiger partial charge in [-0.15, -0.1) is 0 Å². The summed E-state index contributed by atoms with van der Waals surface area (Å²) in [6.45, 7) is 3.74. The van der Waals surface area contributed by atoms with E-state index in [1.807, 2.05) is 13.8 Å². The molecular weight excluding hydrogens is 431 g/mol. The number of nitrogen functional groups attached to an aromatic ring is 1. The summed E-state index contributed by atoms with van der Waals surface area (Å²) in [5, 5.41) is 9.17. The molecule has 0 aromatic heterocycles. The van der Waals surface area contributed by atoms with Crippen molar-refractivity contribution in [1.29, 1.82) is 0 Å². The Morgan fingerprint density at radius 1 is 1.23 bits per heavy atom. The monoisotopic (exact) mass is 442 g/mol. The molecule has 0 saturated carbocycles. The van der Waals surface area contributed by atoms with Crippen LogP contribution in [0.4, 0.5) is 5.69 Å².